The van der Waals surface area contributed by atoms with Gasteiger partial charge in [-0.2, -0.15) is 0 Å². The van der Waals surface area contributed by atoms with Crippen molar-refractivity contribution >= 4 is 39.1 Å². The number of ether oxygens (including phenoxy) is 2. The van der Waals surface area contributed by atoms with Gasteiger partial charge in [-0.05, 0) is 53.8 Å². The molecule has 1 aliphatic heterocycles. The molecule has 0 aromatic heterocycles. The van der Waals surface area contributed by atoms with E-state index in [2.05, 4.69) is 4.99 Å². The van der Waals surface area contributed by atoms with Gasteiger partial charge in [0, 0.05) is 0 Å². The molecule has 0 aliphatic carbocycles. The number of aliphatic imine (C=N–C) groups is 1. The number of hydrogen-bond donors (Lipinski definition) is 0. The van der Waals surface area contributed by atoms with Crippen LogP contribution in [0.25, 0.3) is 6.08 Å². The Labute approximate surface area is 168 Å². The lowest BCUT2D eigenvalue weighted by Crippen LogP contribution is -2.00. The first-order valence-electron chi connectivity index (χ1n) is 8.78. The normalized spacial score (nSPS) is 15.1. The average Bonchev–Trinajstić information content (AvgIpc) is 3.01. The Morgan fingerprint density at radius 2 is 1.89 bits per heavy atom. The van der Waals surface area contributed by atoms with Crippen molar-refractivity contribution in [3.8, 4) is 11.5 Å². The van der Waals surface area contributed by atoms with Crippen LogP contribution in [0.3, 0.4) is 0 Å². The van der Waals surface area contributed by atoms with Gasteiger partial charge in [0.25, 0.3) is 0 Å². The molecule has 0 saturated carbocycles. The summed E-state index contributed by atoms with van der Waals surface area (Å²) in [4.78, 5) is 16.5. The predicted octanol–water partition coefficient (Wildman–Crippen LogP) is 5.39. The zero-order chi connectivity index (χ0) is 19.1. The van der Waals surface area contributed by atoms with Gasteiger partial charge in [-0.15, -0.1) is 0 Å². The summed E-state index contributed by atoms with van der Waals surface area (Å²) >= 11 is 2.77. The lowest BCUT2D eigenvalue weighted by molar-refractivity contribution is -0.107. The van der Waals surface area contributed by atoms with E-state index in [9.17, 15) is 4.79 Å². The number of hydrogen-bond acceptors (Lipinski definition) is 6. The number of thioether (sulfide) groups is 2. The molecular weight excluding hydrogens is 378 g/mol. The van der Waals surface area contributed by atoms with Crippen molar-refractivity contribution in [1.82, 2.24) is 0 Å². The lowest BCUT2D eigenvalue weighted by atomic mass is 10.1. The summed E-state index contributed by atoms with van der Waals surface area (Å²) in [5.74, 6) is 2.24. The molecule has 0 atom stereocenters. The van der Waals surface area contributed by atoms with Crippen LogP contribution in [0.4, 0.5) is 0 Å². The maximum atomic E-state index is 12.1. The molecule has 0 N–H and O–H groups in total. The molecule has 2 aromatic carbocycles. The lowest BCUT2D eigenvalue weighted by Gasteiger charge is -2.13. The number of rotatable bonds is 7. The van der Waals surface area contributed by atoms with E-state index < -0.39 is 0 Å². The smallest absolute Gasteiger partial charge is 0.244 e. The van der Waals surface area contributed by atoms with Crippen LogP contribution in [0.2, 0.25) is 0 Å². The summed E-state index contributed by atoms with van der Waals surface area (Å²) in [6.45, 7) is 4.98. The SMILES string of the molecule is CCOc1cc(/C=C2/N=C(SCC)SC2=O)ccc1OCc1ccccc1. The highest BCUT2D eigenvalue weighted by Gasteiger charge is 2.22. The predicted molar refractivity (Wildman–Crippen MR) is 115 cm³/mol. The van der Waals surface area contributed by atoms with E-state index in [1.807, 2.05) is 62.4 Å². The highest BCUT2D eigenvalue weighted by atomic mass is 32.2. The summed E-state index contributed by atoms with van der Waals surface area (Å²) in [5, 5.41) is -0.0201. The minimum absolute atomic E-state index is 0.0201. The van der Waals surface area contributed by atoms with Crippen molar-refractivity contribution < 1.29 is 14.3 Å². The van der Waals surface area contributed by atoms with Gasteiger partial charge in [0.15, 0.2) is 11.5 Å². The van der Waals surface area contributed by atoms with Crippen LogP contribution in [0.15, 0.2) is 59.2 Å². The monoisotopic (exact) mass is 399 g/mol. The molecule has 1 aliphatic rings. The molecule has 0 fully saturated rings. The van der Waals surface area contributed by atoms with Crippen LogP contribution in [0, 0.1) is 0 Å². The van der Waals surface area contributed by atoms with Gasteiger partial charge in [-0.25, -0.2) is 4.99 Å². The Hall–Kier alpha value is -2.18. The van der Waals surface area contributed by atoms with E-state index in [0.717, 1.165) is 21.3 Å². The topological polar surface area (TPSA) is 47.9 Å². The quantitative estimate of drug-likeness (QED) is 0.584. The largest absolute Gasteiger partial charge is 0.490 e. The first-order valence-corrected chi connectivity index (χ1v) is 10.6. The summed E-state index contributed by atoms with van der Waals surface area (Å²) < 4.78 is 12.5. The fraction of sp³-hybridized carbons (Fsp3) is 0.238. The standard InChI is InChI=1S/C21H21NO3S2/c1-3-24-19-13-16(12-17-20(23)27-21(22-17)26-4-2)10-11-18(19)25-14-15-8-6-5-7-9-15/h5-13H,3-4,14H2,1-2H3/b17-12+. The molecule has 0 saturated heterocycles. The number of nitrogens with zero attached hydrogens (tertiary/aromatic N) is 1. The maximum absolute atomic E-state index is 12.1. The molecule has 3 rings (SSSR count). The second-order valence-electron chi connectivity index (χ2n) is 5.64. The van der Waals surface area contributed by atoms with E-state index >= 15 is 0 Å². The molecule has 1 heterocycles. The molecule has 0 radical (unpaired) electrons. The zero-order valence-electron chi connectivity index (χ0n) is 15.3. The van der Waals surface area contributed by atoms with Gasteiger partial charge >= 0.3 is 0 Å². The molecule has 0 spiro atoms. The number of benzene rings is 2. The molecule has 2 aromatic rings. The third kappa shape index (κ3) is 5.40. The van der Waals surface area contributed by atoms with Gasteiger partial charge in [-0.3, -0.25) is 4.79 Å². The van der Waals surface area contributed by atoms with Crippen molar-refractivity contribution in [3.05, 3.63) is 65.4 Å². The summed E-state index contributed by atoms with van der Waals surface area (Å²) in [5.41, 5.74) is 2.42. The Kier molecular flexibility index (Phi) is 7.01. The van der Waals surface area contributed by atoms with Crippen LogP contribution >= 0.6 is 23.5 Å². The van der Waals surface area contributed by atoms with Crippen molar-refractivity contribution in [2.45, 2.75) is 20.5 Å². The summed E-state index contributed by atoms with van der Waals surface area (Å²) in [6.07, 6.45) is 1.79. The van der Waals surface area contributed by atoms with E-state index in [4.69, 9.17) is 9.47 Å². The minimum atomic E-state index is -0.0201. The second kappa shape index (κ2) is 9.67. The van der Waals surface area contributed by atoms with Crippen molar-refractivity contribution in [3.63, 3.8) is 0 Å². The van der Waals surface area contributed by atoms with Crippen LogP contribution < -0.4 is 9.47 Å². The van der Waals surface area contributed by atoms with Crippen molar-refractivity contribution in [2.24, 2.45) is 4.99 Å². The Bertz CT molecular complexity index is 863. The van der Waals surface area contributed by atoms with Gasteiger partial charge in [-0.1, -0.05) is 55.1 Å². The van der Waals surface area contributed by atoms with Crippen LogP contribution in [-0.2, 0) is 11.4 Å². The van der Waals surface area contributed by atoms with E-state index in [0.29, 0.717) is 30.4 Å². The molecule has 4 nitrogen and oxygen atoms in total. The molecule has 6 heteroatoms. The Morgan fingerprint density at radius 1 is 1.07 bits per heavy atom. The minimum Gasteiger partial charge on any atom is -0.490 e. The van der Waals surface area contributed by atoms with Crippen molar-refractivity contribution in [2.75, 3.05) is 12.4 Å². The molecule has 0 bridgehead atoms. The Morgan fingerprint density at radius 3 is 2.63 bits per heavy atom. The summed E-state index contributed by atoms with van der Waals surface area (Å²) in [6, 6.07) is 15.7. The van der Waals surface area contributed by atoms with Gasteiger partial charge in [0.05, 0.1) is 6.61 Å². The van der Waals surface area contributed by atoms with Crippen LogP contribution in [0.1, 0.15) is 25.0 Å². The molecule has 27 heavy (non-hydrogen) atoms. The Balaban J connectivity index is 1.79. The average molecular weight is 400 g/mol. The van der Waals surface area contributed by atoms with Gasteiger partial charge < -0.3 is 9.47 Å². The molecular formula is C21H21NO3S2. The van der Waals surface area contributed by atoms with E-state index in [1.165, 1.54) is 11.8 Å². The third-order valence-electron chi connectivity index (χ3n) is 3.68. The van der Waals surface area contributed by atoms with Gasteiger partial charge in [0.2, 0.25) is 5.12 Å². The fourth-order valence-corrected chi connectivity index (χ4v) is 4.21. The fourth-order valence-electron chi connectivity index (χ4n) is 2.47. The second-order valence-corrected chi connectivity index (χ2v) is 8.12. The van der Waals surface area contributed by atoms with E-state index in [1.54, 1.807) is 17.8 Å². The van der Waals surface area contributed by atoms with Gasteiger partial charge in [0.1, 0.15) is 16.7 Å². The van der Waals surface area contributed by atoms with Crippen LogP contribution in [-0.4, -0.2) is 21.9 Å². The number of carbonyl (C=O) groups excluding carboxylic acids is 1. The highest BCUT2D eigenvalue weighted by molar-refractivity contribution is 8.45. The first-order chi connectivity index (χ1) is 13.2. The molecule has 140 valence electrons. The van der Waals surface area contributed by atoms with Crippen molar-refractivity contribution in [1.29, 1.82) is 0 Å². The highest BCUT2D eigenvalue weighted by Crippen LogP contribution is 2.33. The maximum Gasteiger partial charge on any atom is 0.244 e. The van der Waals surface area contributed by atoms with Crippen LogP contribution in [0.5, 0.6) is 11.5 Å². The zero-order valence-corrected chi connectivity index (χ0v) is 16.9. The molecule has 0 amide bonds. The van der Waals surface area contributed by atoms with E-state index in [-0.39, 0.29) is 5.12 Å². The third-order valence-corrected chi connectivity index (χ3v) is 5.57. The summed E-state index contributed by atoms with van der Waals surface area (Å²) in [7, 11) is 0. The first kappa shape index (κ1) is 19.6. The number of carbonyl (C=O) groups is 1. The molecule has 0 unspecified atom stereocenters.